The van der Waals surface area contributed by atoms with Gasteiger partial charge in [0.05, 0.1) is 41.9 Å². The van der Waals surface area contributed by atoms with E-state index in [4.69, 9.17) is 41.2 Å². The van der Waals surface area contributed by atoms with E-state index >= 15 is 4.79 Å². The van der Waals surface area contributed by atoms with Crippen LogP contribution in [0.1, 0.15) is 119 Å². The molecule has 412 valence electrons. The van der Waals surface area contributed by atoms with E-state index in [1.807, 2.05) is 12.3 Å². The van der Waals surface area contributed by atoms with E-state index in [9.17, 15) is 33.9 Å². The zero-order chi connectivity index (χ0) is 56.4. The number of nitrogens with one attached hydrogen (secondary N) is 2. The zero-order valence-corrected chi connectivity index (χ0v) is 47.3. The average Bonchev–Trinajstić information content (AvgIpc) is 4.38. The second-order valence-electron chi connectivity index (χ2n) is 18.8. The van der Waals surface area contributed by atoms with Crippen molar-refractivity contribution in [1.29, 1.82) is 0 Å². The number of primary amides is 2. The molecule has 0 spiro atoms. The highest BCUT2D eigenvalue weighted by atomic mass is 32.1. The van der Waals surface area contributed by atoms with Crippen LogP contribution < -0.4 is 26.8 Å². The summed E-state index contributed by atoms with van der Waals surface area (Å²) in [6.45, 7) is 3.81. The van der Waals surface area contributed by atoms with Gasteiger partial charge in [-0.3, -0.25) is 33.6 Å². The van der Waals surface area contributed by atoms with Gasteiger partial charge in [-0.05, 0) is 49.6 Å². The predicted octanol–water partition coefficient (Wildman–Crippen LogP) is 6.93. The number of carbonyl (C=O) groups excluding carboxylic acids is 6. The number of benzene rings is 1. The van der Waals surface area contributed by atoms with Crippen LogP contribution in [0.15, 0.2) is 63.3 Å². The first-order chi connectivity index (χ1) is 38.5. The Labute approximate surface area is 479 Å². The lowest BCUT2D eigenvalue weighted by molar-refractivity contribution is -0.137. The number of ether oxygens (including phenoxy) is 1. The van der Waals surface area contributed by atoms with Gasteiger partial charge < -0.3 is 42.0 Å². The number of aromatic nitrogens is 7. The summed E-state index contributed by atoms with van der Waals surface area (Å²) in [6.07, 6.45) is -0.0576. The van der Waals surface area contributed by atoms with Crippen molar-refractivity contribution < 1.29 is 48.5 Å². The van der Waals surface area contributed by atoms with E-state index < -0.39 is 65.7 Å². The minimum absolute atomic E-state index is 0.0214. The molecule has 0 saturated carbocycles. The molecule has 7 aromatic heterocycles. The van der Waals surface area contributed by atoms with Crippen LogP contribution >= 0.6 is 68.0 Å². The van der Waals surface area contributed by atoms with Gasteiger partial charge in [-0.25, -0.2) is 34.9 Å². The summed E-state index contributed by atoms with van der Waals surface area (Å²) in [6, 6.07) is 7.63. The number of carboxylic acid groups (broad SMARTS) is 1. The van der Waals surface area contributed by atoms with Gasteiger partial charge in [0.2, 0.25) is 11.8 Å². The standard InChI is InChI=1S/C52H48N12O10S6/c1-23-37(66)17-64-43(23)51-62-35(22-79-51)49-59-31(18-77-49)42-27(10-11-28(56-42)48-60-32(19-78-48)44(54)70)47-61-34(21-76-47)46(72)57-29(16-38(53)67)50-63-41(24(2)80-50)36(65)12-13-39-55-33(20-75-39)45(71)58-30(52(64)73)15-25-6-8-26(9-7-25)74-14-4-3-5-40(68)69/h6-11,18-23,29-30,37,43,66H,3-5,12-17H2,1-2H3,(H2,53,67)(H2,54,70)(H,57,72)(H,58,71)(H,68,69)/t23-,29-,30-,37-,43-/m0/s1. The number of hydrogen-bond donors (Lipinski definition) is 6. The topological polar surface area (TPSA) is 339 Å². The lowest BCUT2D eigenvalue weighted by Crippen LogP contribution is -2.50. The number of nitrogens with zero attached hydrogens (tertiary/aromatic N) is 8. The van der Waals surface area contributed by atoms with Gasteiger partial charge in [0, 0.05) is 75.5 Å². The molecule has 9 heterocycles. The fourth-order valence-corrected chi connectivity index (χ4v) is 14.3. The van der Waals surface area contributed by atoms with Gasteiger partial charge in [0.15, 0.2) is 5.78 Å². The first-order valence-corrected chi connectivity index (χ1v) is 30.1. The molecule has 5 atom stereocenters. The first-order valence-electron chi connectivity index (χ1n) is 24.9. The Hall–Kier alpha value is -7.60. The Morgan fingerprint density at radius 2 is 1.40 bits per heavy atom. The van der Waals surface area contributed by atoms with Crippen LogP contribution in [0.2, 0.25) is 0 Å². The van der Waals surface area contributed by atoms with Crippen LogP contribution in [0.4, 0.5) is 0 Å². The van der Waals surface area contributed by atoms with Crippen LogP contribution in [0.25, 0.3) is 43.4 Å². The number of aliphatic carboxylic acids is 1. The molecule has 5 amide bonds. The molecule has 2 aliphatic rings. The maximum absolute atomic E-state index is 15.1. The predicted molar refractivity (Wildman–Crippen MR) is 301 cm³/mol. The van der Waals surface area contributed by atoms with Gasteiger partial charge >= 0.3 is 5.97 Å². The van der Waals surface area contributed by atoms with E-state index in [1.165, 1.54) is 62.1 Å². The number of hydrogen-bond acceptors (Lipinski definition) is 22. The Balaban J connectivity index is 1.02. The molecule has 10 bridgehead atoms. The normalized spacial score (nSPS) is 18.8. The fraction of sp³-hybridized carbons (Fsp3) is 0.308. The highest BCUT2D eigenvalue weighted by Gasteiger charge is 2.45. The molecular weight excluding hydrogens is 1150 g/mol. The molecular formula is C52H48N12O10S6. The van der Waals surface area contributed by atoms with E-state index in [1.54, 1.807) is 64.4 Å². The number of aryl methyl sites for hydroxylation is 2. The number of pyridine rings is 1. The maximum Gasteiger partial charge on any atom is 0.303 e. The quantitative estimate of drug-likeness (QED) is 0.0675. The number of aliphatic hydroxyl groups excluding tert-OH is 1. The number of Topliss-reactive ketones (excluding diaryl/α,β-unsaturated/α-hetero) is 1. The number of amides is 5. The minimum Gasteiger partial charge on any atom is -0.494 e. The van der Waals surface area contributed by atoms with Crippen molar-refractivity contribution in [3.05, 3.63) is 112 Å². The molecule has 0 radical (unpaired) electrons. The van der Waals surface area contributed by atoms with Crippen LogP contribution in [0.5, 0.6) is 5.75 Å². The Morgan fingerprint density at radius 3 is 2.15 bits per heavy atom. The maximum atomic E-state index is 15.1. The van der Waals surface area contributed by atoms with Gasteiger partial charge in [-0.2, -0.15) is 0 Å². The molecule has 2 aliphatic heterocycles. The smallest absolute Gasteiger partial charge is 0.303 e. The van der Waals surface area contributed by atoms with Crippen LogP contribution in [0, 0.1) is 12.8 Å². The molecule has 0 aliphatic carbocycles. The third-order valence-electron chi connectivity index (χ3n) is 13.1. The van der Waals surface area contributed by atoms with Crippen molar-refractivity contribution in [2.45, 2.75) is 83.0 Å². The second-order valence-corrected chi connectivity index (χ2v) is 24.4. The minimum atomic E-state index is -1.16. The van der Waals surface area contributed by atoms with E-state index in [0.29, 0.717) is 89.0 Å². The van der Waals surface area contributed by atoms with E-state index in [0.717, 1.165) is 11.3 Å². The van der Waals surface area contributed by atoms with Crippen LogP contribution in [0.3, 0.4) is 0 Å². The number of carbonyl (C=O) groups is 7. The fourth-order valence-electron chi connectivity index (χ4n) is 9.02. The Kier molecular flexibility index (Phi) is 16.7. The summed E-state index contributed by atoms with van der Waals surface area (Å²) < 4.78 is 5.84. The number of aliphatic hydroxyl groups is 1. The molecule has 0 unspecified atom stereocenters. The molecule has 1 saturated heterocycles. The van der Waals surface area contributed by atoms with E-state index in [2.05, 4.69) is 25.6 Å². The van der Waals surface area contributed by atoms with Crippen molar-refractivity contribution in [1.82, 2.24) is 50.4 Å². The van der Waals surface area contributed by atoms with Crippen molar-refractivity contribution in [3.63, 3.8) is 0 Å². The highest BCUT2D eigenvalue weighted by molar-refractivity contribution is 7.15. The molecule has 22 nitrogen and oxygen atoms in total. The highest BCUT2D eigenvalue weighted by Crippen LogP contribution is 2.42. The molecule has 80 heavy (non-hydrogen) atoms. The largest absolute Gasteiger partial charge is 0.494 e. The number of thiazole rings is 6. The second kappa shape index (κ2) is 24.0. The molecule has 10 rings (SSSR count). The first kappa shape index (κ1) is 55.7. The molecule has 28 heteroatoms. The van der Waals surface area contributed by atoms with Crippen molar-refractivity contribution >= 4 is 109 Å². The summed E-state index contributed by atoms with van der Waals surface area (Å²) in [5, 5.41) is 37.0. The lowest BCUT2D eigenvalue weighted by atomic mass is 10.00. The van der Waals surface area contributed by atoms with Crippen LogP contribution in [-0.2, 0) is 27.2 Å². The summed E-state index contributed by atoms with van der Waals surface area (Å²) in [4.78, 5) is 128. The number of fused-ring (bicyclic) bond motifs is 16. The number of nitrogens with two attached hydrogens (primary N) is 2. The third-order valence-corrected chi connectivity index (χ3v) is 18.7. The summed E-state index contributed by atoms with van der Waals surface area (Å²) >= 11 is 7.23. The molecule has 1 fully saturated rings. The van der Waals surface area contributed by atoms with Crippen molar-refractivity contribution in [2.24, 2.45) is 17.4 Å². The number of ketones is 1. The van der Waals surface area contributed by atoms with Crippen molar-refractivity contribution in [3.8, 4) is 49.1 Å². The summed E-state index contributed by atoms with van der Waals surface area (Å²) in [7, 11) is 0. The third kappa shape index (κ3) is 12.4. The number of carboxylic acids is 1. The van der Waals surface area contributed by atoms with Gasteiger partial charge in [0.25, 0.3) is 17.7 Å². The summed E-state index contributed by atoms with van der Waals surface area (Å²) in [5.41, 5.74) is 14.4. The Bertz CT molecular complexity index is 3680. The molecule has 8 aromatic rings. The Morgan fingerprint density at radius 1 is 0.713 bits per heavy atom. The zero-order valence-electron chi connectivity index (χ0n) is 42.4. The molecule has 1 aromatic carbocycles. The SMILES string of the molecule is Cc1sc2nc1C(=O)CCc1nc(cs1)C(=O)N[C@@H](Cc1ccc(OCCCCC(=O)O)cc1)C(=O)N1C[C@H](O)[C@H](C)[C@H]1c1nc(cs1)-c1nc(cs1)-c1nc(-c3nc(C(N)=O)cs3)ccc1-c1nc(cs1)C(=O)N[C@H]2CC(N)=O. The van der Waals surface area contributed by atoms with Gasteiger partial charge in [-0.1, -0.05) is 19.1 Å². The average molecular weight is 1190 g/mol. The van der Waals surface area contributed by atoms with Gasteiger partial charge in [-0.15, -0.1) is 68.0 Å². The van der Waals surface area contributed by atoms with Crippen molar-refractivity contribution in [2.75, 3.05) is 13.2 Å². The van der Waals surface area contributed by atoms with E-state index in [-0.39, 0.29) is 72.2 Å². The molecule has 8 N–H and O–H groups in total. The van der Waals surface area contributed by atoms with Gasteiger partial charge in [0.1, 0.15) is 76.7 Å². The monoisotopic (exact) mass is 1190 g/mol. The van der Waals surface area contributed by atoms with Crippen LogP contribution in [-0.4, -0.2) is 117 Å². The number of rotatable bonds is 12. The lowest BCUT2D eigenvalue weighted by Gasteiger charge is -2.29. The number of unbranched alkanes of at least 4 members (excludes halogenated alkanes) is 1. The summed E-state index contributed by atoms with van der Waals surface area (Å²) in [5.74, 6) is -4.29.